The highest BCUT2D eigenvalue weighted by molar-refractivity contribution is 6.18. The van der Waals surface area contributed by atoms with Gasteiger partial charge >= 0.3 is 0 Å². The highest BCUT2D eigenvalue weighted by Crippen LogP contribution is 2.58. The number of piperazine rings is 1. The Balaban J connectivity index is 1.16. The highest BCUT2D eigenvalue weighted by atomic mass is 19.3. The molecular formula is C41H40F4N6. The Bertz CT molecular complexity index is 2310. The average molecular weight is 693 g/mol. The molecule has 4 heterocycles. The molecule has 10 heteroatoms. The van der Waals surface area contributed by atoms with E-state index in [0.29, 0.717) is 55.7 Å². The Labute approximate surface area is 294 Å². The van der Waals surface area contributed by atoms with Gasteiger partial charge in [0.25, 0.3) is 5.92 Å². The van der Waals surface area contributed by atoms with Crippen LogP contribution in [0, 0.1) is 42.2 Å². The number of fused-ring (bicyclic) bond motifs is 6. The van der Waals surface area contributed by atoms with Crippen LogP contribution in [0.5, 0.6) is 0 Å². The van der Waals surface area contributed by atoms with Crippen molar-refractivity contribution < 1.29 is 17.6 Å². The van der Waals surface area contributed by atoms with Gasteiger partial charge < -0.3 is 4.90 Å². The number of halogens is 4. The van der Waals surface area contributed by atoms with E-state index >= 15 is 8.78 Å². The van der Waals surface area contributed by atoms with Crippen molar-refractivity contribution >= 4 is 38.4 Å². The van der Waals surface area contributed by atoms with Crippen molar-refractivity contribution in [3.05, 3.63) is 59.0 Å². The van der Waals surface area contributed by atoms with Gasteiger partial charge in [-0.05, 0) is 79.9 Å². The van der Waals surface area contributed by atoms with Gasteiger partial charge in [0.1, 0.15) is 28.5 Å². The first-order chi connectivity index (χ1) is 24.5. The van der Waals surface area contributed by atoms with E-state index in [0.717, 1.165) is 31.5 Å². The van der Waals surface area contributed by atoms with Crippen LogP contribution in [0.3, 0.4) is 0 Å². The largest absolute Gasteiger partial charge is 0.347 e. The maximum atomic E-state index is 17.7. The first-order valence-electron chi connectivity index (χ1n) is 18.5. The summed E-state index contributed by atoms with van der Waals surface area (Å²) in [7, 11) is 1.80. The van der Waals surface area contributed by atoms with E-state index in [-0.39, 0.29) is 48.0 Å². The minimum Gasteiger partial charge on any atom is -0.347 e. The van der Waals surface area contributed by atoms with Crippen LogP contribution in [0.15, 0.2) is 30.5 Å². The lowest BCUT2D eigenvalue weighted by Crippen LogP contribution is -2.62. The van der Waals surface area contributed by atoms with Crippen molar-refractivity contribution in [3.8, 4) is 23.5 Å². The van der Waals surface area contributed by atoms with Gasteiger partial charge in [-0.25, -0.2) is 27.5 Å². The highest BCUT2D eigenvalue weighted by Gasteiger charge is 2.56. The Morgan fingerprint density at radius 2 is 1.71 bits per heavy atom. The second kappa shape index (κ2) is 10.9. The zero-order chi connectivity index (χ0) is 35.0. The number of benzene rings is 3. The fourth-order valence-electron chi connectivity index (χ4n) is 10.2. The number of aromatic nitrogens is 4. The first-order valence-corrected chi connectivity index (χ1v) is 18.5. The van der Waals surface area contributed by atoms with E-state index < -0.39 is 23.5 Å². The molecule has 2 saturated heterocycles. The molecule has 2 bridgehead atoms. The normalized spacial score (nSPS) is 25.1. The molecule has 6 nitrogen and oxygen atoms in total. The fourth-order valence-corrected chi connectivity index (χ4v) is 10.2. The molecule has 3 aliphatic carbocycles. The summed E-state index contributed by atoms with van der Waals surface area (Å²) in [5.74, 6) is -0.984. The Morgan fingerprint density at radius 3 is 2.37 bits per heavy atom. The van der Waals surface area contributed by atoms with E-state index in [2.05, 4.69) is 15.7 Å². The van der Waals surface area contributed by atoms with Gasteiger partial charge in [0.05, 0.1) is 10.9 Å². The van der Waals surface area contributed by atoms with Crippen molar-refractivity contribution in [3.63, 3.8) is 0 Å². The monoisotopic (exact) mass is 692 g/mol. The molecule has 0 radical (unpaired) electrons. The summed E-state index contributed by atoms with van der Waals surface area (Å²) in [6.45, 7) is 3.77. The molecule has 0 amide bonds. The van der Waals surface area contributed by atoms with E-state index in [1.807, 2.05) is 25.3 Å². The van der Waals surface area contributed by atoms with Gasteiger partial charge in [-0.15, -0.1) is 6.42 Å². The maximum Gasteiger partial charge on any atom is 0.251 e. The number of alkyl halides is 2. The van der Waals surface area contributed by atoms with Gasteiger partial charge in [0.2, 0.25) is 0 Å². The van der Waals surface area contributed by atoms with Crippen LogP contribution in [-0.4, -0.2) is 61.8 Å². The number of hydrogen-bond donors (Lipinski definition) is 0. The lowest BCUT2D eigenvalue weighted by molar-refractivity contribution is -0.0604. The second-order valence-electron chi connectivity index (χ2n) is 16.3. The van der Waals surface area contributed by atoms with Crippen molar-refractivity contribution in [2.24, 2.45) is 18.4 Å². The van der Waals surface area contributed by atoms with Crippen LogP contribution < -0.4 is 4.90 Å². The van der Waals surface area contributed by atoms with E-state index in [1.54, 1.807) is 17.8 Å². The topological polar surface area (TPSA) is 50.1 Å². The fraction of sp³-hybridized carbons (Fsp3) is 0.488. The second-order valence-corrected chi connectivity index (χ2v) is 16.3. The first kappa shape index (κ1) is 31.5. The molecule has 5 aromatic rings. The minimum absolute atomic E-state index is 0.0599. The summed E-state index contributed by atoms with van der Waals surface area (Å²) >= 11 is 0. The lowest BCUT2D eigenvalue weighted by Gasteiger charge is -2.59. The van der Waals surface area contributed by atoms with Crippen molar-refractivity contribution in [1.29, 1.82) is 0 Å². The molecule has 3 atom stereocenters. The molecule has 3 saturated carbocycles. The molecule has 5 fully saturated rings. The van der Waals surface area contributed by atoms with Crippen LogP contribution in [0.25, 0.3) is 43.7 Å². The predicted octanol–water partition coefficient (Wildman–Crippen LogP) is 8.48. The van der Waals surface area contributed by atoms with Gasteiger partial charge in [-0.2, -0.15) is 5.10 Å². The van der Waals surface area contributed by atoms with Crippen LogP contribution >= 0.6 is 0 Å². The number of terminal acetylenes is 1. The molecule has 0 N–H and O–H groups in total. The van der Waals surface area contributed by atoms with Crippen molar-refractivity contribution in [2.75, 3.05) is 18.0 Å². The Morgan fingerprint density at radius 1 is 0.961 bits per heavy atom. The Kier molecular flexibility index (Phi) is 6.73. The molecular weight excluding hydrogens is 652 g/mol. The van der Waals surface area contributed by atoms with Gasteiger partial charge in [-0.1, -0.05) is 30.5 Å². The van der Waals surface area contributed by atoms with Crippen LogP contribution in [0.4, 0.5) is 23.4 Å². The van der Waals surface area contributed by atoms with E-state index in [4.69, 9.17) is 21.5 Å². The lowest BCUT2D eigenvalue weighted by atomic mass is 9.53. The zero-order valence-corrected chi connectivity index (χ0v) is 29.0. The SMILES string of the molecule is C#Cc1c(F)ccc2cc(C)cc(-c3c(F)c4nc(CCC5CC5(F)F)nc(N5C6CCC5CN(C5CC7(CCC7)C5)C6)c4c4cn(C)nc34)c12. The molecule has 51 heavy (non-hydrogen) atoms. The Hall–Kier alpha value is -4.23. The standard InChI is InChI=1S/C41H40F4N6/c1-4-28-31(42)10-6-23-14-22(2)15-29(33(23)28)34-36(43)38-35(30-21-49(3)48-37(30)34)39(47-32(46-38)11-7-24-16-41(24,44)45)51-25-8-9-26(51)20-50(19-25)27-17-40(18-27)12-5-13-40/h1,6,10,14-15,21,24-27H,5,7-9,11-13,16-20H2,2-3H3. The molecule has 262 valence electrons. The van der Waals surface area contributed by atoms with Crippen LogP contribution in [-0.2, 0) is 13.5 Å². The smallest absolute Gasteiger partial charge is 0.251 e. The van der Waals surface area contributed by atoms with Gasteiger partial charge in [-0.3, -0.25) is 9.58 Å². The van der Waals surface area contributed by atoms with Crippen molar-refractivity contribution in [2.45, 2.75) is 95.2 Å². The summed E-state index contributed by atoms with van der Waals surface area (Å²) in [5.41, 5.74) is 2.70. The van der Waals surface area contributed by atoms with Gasteiger partial charge in [0.15, 0.2) is 5.82 Å². The van der Waals surface area contributed by atoms with Gasteiger partial charge in [0, 0.05) is 79.6 Å². The van der Waals surface area contributed by atoms with E-state index in [1.165, 1.54) is 38.2 Å². The number of likely N-dealkylation sites (tertiary alicyclic amines) is 1. The average Bonchev–Trinajstić information content (AvgIpc) is 3.34. The van der Waals surface area contributed by atoms with Crippen molar-refractivity contribution in [1.82, 2.24) is 24.6 Å². The summed E-state index contributed by atoms with van der Waals surface area (Å²) in [6.07, 6.45) is 16.8. The number of hydrogen-bond acceptors (Lipinski definition) is 5. The molecule has 3 aromatic carbocycles. The third-order valence-corrected chi connectivity index (χ3v) is 13.0. The van der Waals surface area contributed by atoms with E-state index in [9.17, 15) is 8.78 Å². The third kappa shape index (κ3) is 4.76. The molecule has 2 aromatic heterocycles. The molecule has 2 aliphatic heterocycles. The number of anilines is 1. The molecule has 10 rings (SSSR count). The zero-order valence-electron chi connectivity index (χ0n) is 29.0. The quantitative estimate of drug-likeness (QED) is 0.132. The number of nitrogens with zero attached hydrogens (tertiary/aromatic N) is 6. The summed E-state index contributed by atoms with van der Waals surface area (Å²) < 4.78 is 62.6. The summed E-state index contributed by atoms with van der Waals surface area (Å²) in [4.78, 5) is 15.1. The number of rotatable bonds is 6. The maximum absolute atomic E-state index is 17.7. The minimum atomic E-state index is -2.66. The van der Waals surface area contributed by atoms with Crippen LogP contribution in [0.2, 0.25) is 0 Å². The predicted molar refractivity (Wildman–Crippen MR) is 191 cm³/mol. The third-order valence-electron chi connectivity index (χ3n) is 13.0. The number of aryl methyl sites for hydroxylation is 3. The molecule has 3 unspecified atom stereocenters. The molecule has 5 aliphatic rings. The molecule has 1 spiro atoms. The van der Waals surface area contributed by atoms with Crippen LogP contribution in [0.1, 0.15) is 74.7 Å². The summed E-state index contributed by atoms with van der Waals surface area (Å²) in [6, 6.07) is 7.77. The summed E-state index contributed by atoms with van der Waals surface area (Å²) in [5, 5.41) is 7.22.